The van der Waals surface area contributed by atoms with E-state index >= 15 is 0 Å². The molecule has 1 aliphatic carbocycles. The Morgan fingerprint density at radius 3 is 2.89 bits per heavy atom. The van der Waals surface area contributed by atoms with Crippen molar-refractivity contribution in [3.05, 3.63) is 34.3 Å². The highest BCUT2D eigenvalue weighted by Gasteiger charge is 2.17. The molecule has 1 nitrogen and oxygen atoms in total. The van der Waals surface area contributed by atoms with Gasteiger partial charge in [-0.05, 0) is 42.9 Å². The van der Waals surface area contributed by atoms with Crippen molar-refractivity contribution in [3.63, 3.8) is 0 Å². The fraction of sp³-hybridized carbons (Fsp3) is 0.647. The molecular formula is C17H26BrN. The van der Waals surface area contributed by atoms with Gasteiger partial charge in [0.1, 0.15) is 0 Å². The Morgan fingerprint density at radius 2 is 2.11 bits per heavy atom. The van der Waals surface area contributed by atoms with Gasteiger partial charge < -0.3 is 5.32 Å². The molecule has 1 aromatic carbocycles. The van der Waals surface area contributed by atoms with Gasteiger partial charge in [0.25, 0.3) is 0 Å². The Morgan fingerprint density at radius 1 is 1.21 bits per heavy atom. The third kappa shape index (κ3) is 5.27. The molecule has 1 fully saturated rings. The minimum absolute atomic E-state index is 0.723. The summed E-state index contributed by atoms with van der Waals surface area (Å²) in [6, 6.07) is 9.34. The lowest BCUT2D eigenvalue weighted by atomic mass is 9.95. The van der Waals surface area contributed by atoms with Crippen molar-refractivity contribution in [1.82, 2.24) is 5.32 Å². The fourth-order valence-corrected chi connectivity index (χ4v) is 3.64. The Bertz CT molecular complexity index is 377. The maximum atomic E-state index is 3.75. The Balaban J connectivity index is 1.77. The molecule has 0 spiro atoms. The number of halogens is 1. The first-order valence-electron chi connectivity index (χ1n) is 7.75. The Hall–Kier alpha value is -0.340. The number of hydrogen-bond donors (Lipinski definition) is 1. The molecule has 0 aliphatic heterocycles. The highest BCUT2D eigenvalue weighted by Crippen LogP contribution is 2.26. The molecule has 1 N–H and O–H groups in total. The molecular weight excluding hydrogens is 298 g/mol. The fourth-order valence-electron chi connectivity index (χ4n) is 3.19. The van der Waals surface area contributed by atoms with Gasteiger partial charge in [0.2, 0.25) is 0 Å². The molecule has 1 aliphatic rings. The van der Waals surface area contributed by atoms with Gasteiger partial charge in [-0.1, -0.05) is 60.7 Å². The van der Waals surface area contributed by atoms with Crippen LogP contribution in [-0.4, -0.2) is 6.04 Å². The molecule has 0 aromatic heterocycles. The van der Waals surface area contributed by atoms with Crippen molar-refractivity contribution >= 4 is 15.9 Å². The Kier molecular flexibility index (Phi) is 6.39. The van der Waals surface area contributed by atoms with Crippen molar-refractivity contribution < 1.29 is 0 Å². The molecule has 2 heteroatoms. The second-order valence-corrected chi connectivity index (χ2v) is 6.79. The lowest BCUT2D eigenvalue weighted by Gasteiger charge is -2.17. The van der Waals surface area contributed by atoms with E-state index in [4.69, 9.17) is 0 Å². The van der Waals surface area contributed by atoms with Crippen molar-refractivity contribution in [2.24, 2.45) is 5.92 Å². The van der Waals surface area contributed by atoms with Crippen LogP contribution in [0.25, 0.3) is 0 Å². The van der Waals surface area contributed by atoms with Crippen LogP contribution in [0.4, 0.5) is 0 Å². The summed E-state index contributed by atoms with van der Waals surface area (Å²) < 4.78 is 1.18. The van der Waals surface area contributed by atoms with Crippen molar-refractivity contribution in [2.75, 3.05) is 0 Å². The standard InChI is InChI=1S/C17H26BrN/c1-2-5-14-6-4-9-17(11-10-14)19-13-15-7-3-8-16(18)12-15/h3,7-8,12,14,17,19H,2,4-6,9-11,13H2,1H3. The van der Waals surface area contributed by atoms with Crippen LogP contribution in [0, 0.1) is 5.92 Å². The van der Waals surface area contributed by atoms with Crippen molar-refractivity contribution in [3.8, 4) is 0 Å². The van der Waals surface area contributed by atoms with Gasteiger partial charge in [-0.3, -0.25) is 0 Å². The first-order valence-corrected chi connectivity index (χ1v) is 8.55. The molecule has 2 atom stereocenters. The smallest absolute Gasteiger partial charge is 0.0208 e. The van der Waals surface area contributed by atoms with Crippen molar-refractivity contribution in [1.29, 1.82) is 0 Å². The van der Waals surface area contributed by atoms with Crippen LogP contribution >= 0.6 is 15.9 Å². The van der Waals surface area contributed by atoms with E-state index in [-0.39, 0.29) is 0 Å². The normalized spacial score (nSPS) is 24.1. The average Bonchev–Trinajstić information content (AvgIpc) is 2.63. The monoisotopic (exact) mass is 323 g/mol. The number of hydrogen-bond acceptors (Lipinski definition) is 1. The van der Waals surface area contributed by atoms with Crippen LogP contribution in [0.5, 0.6) is 0 Å². The molecule has 1 aromatic rings. The van der Waals surface area contributed by atoms with Gasteiger partial charge in [0.05, 0.1) is 0 Å². The molecule has 106 valence electrons. The number of benzene rings is 1. The molecule has 19 heavy (non-hydrogen) atoms. The first-order chi connectivity index (χ1) is 9.28. The molecule has 0 amide bonds. The van der Waals surface area contributed by atoms with Gasteiger partial charge >= 0.3 is 0 Å². The minimum atomic E-state index is 0.723. The zero-order chi connectivity index (χ0) is 13.5. The molecule has 2 rings (SSSR count). The van der Waals surface area contributed by atoms with Crippen molar-refractivity contribution in [2.45, 2.75) is 64.5 Å². The minimum Gasteiger partial charge on any atom is -0.310 e. The maximum Gasteiger partial charge on any atom is 0.0208 e. The summed E-state index contributed by atoms with van der Waals surface area (Å²) in [4.78, 5) is 0. The molecule has 1 saturated carbocycles. The lowest BCUT2D eigenvalue weighted by Crippen LogP contribution is -2.27. The first kappa shape index (κ1) is 15.1. The summed E-state index contributed by atoms with van der Waals surface area (Å²) in [7, 11) is 0. The SMILES string of the molecule is CCCC1CCCC(NCc2cccc(Br)c2)CC1. The summed E-state index contributed by atoms with van der Waals surface area (Å²) >= 11 is 3.54. The van der Waals surface area contributed by atoms with Gasteiger partial charge in [0.15, 0.2) is 0 Å². The molecule has 2 unspecified atom stereocenters. The largest absolute Gasteiger partial charge is 0.310 e. The predicted octanol–water partition coefficient (Wildman–Crippen LogP) is 5.29. The third-order valence-electron chi connectivity index (χ3n) is 4.27. The van der Waals surface area contributed by atoms with Crippen LogP contribution in [0.1, 0.15) is 57.4 Å². The second-order valence-electron chi connectivity index (χ2n) is 5.87. The zero-order valence-corrected chi connectivity index (χ0v) is 13.6. The van der Waals surface area contributed by atoms with Gasteiger partial charge in [-0.25, -0.2) is 0 Å². The number of rotatable bonds is 5. The van der Waals surface area contributed by atoms with E-state index in [1.807, 2.05) is 0 Å². The number of nitrogens with one attached hydrogen (secondary N) is 1. The molecule has 0 bridgehead atoms. The Labute approximate surface area is 126 Å². The van der Waals surface area contributed by atoms with E-state index in [0.717, 1.165) is 18.5 Å². The van der Waals surface area contributed by atoms with E-state index in [1.54, 1.807) is 0 Å². The van der Waals surface area contributed by atoms with E-state index in [0.29, 0.717) is 0 Å². The molecule has 0 saturated heterocycles. The summed E-state index contributed by atoms with van der Waals surface area (Å²) in [5.41, 5.74) is 1.38. The topological polar surface area (TPSA) is 12.0 Å². The summed E-state index contributed by atoms with van der Waals surface area (Å²) in [6.45, 7) is 3.32. The highest BCUT2D eigenvalue weighted by molar-refractivity contribution is 9.10. The average molecular weight is 324 g/mol. The van der Waals surface area contributed by atoms with Crippen LogP contribution in [0.2, 0.25) is 0 Å². The lowest BCUT2D eigenvalue weighted by molar-refractivity contribution is 0.409. The predicted molar refractivity (Wildman–Crippen MR) is 86.3 cm³/mol. The van der Waals surface area contributed by atoms with E-state index in [9.17, 15) is 0 Å². The van der Waals surface area contributed by atoms with Gasteiger partial charge in [-0.15, -0.1) is 0 Å². The highest BCUT2D eigenvalue weighted by atomic mass is 79.9. The van der Waals surface area contributed by atoms with Crippen LogP contribution in [0.15, 0.2) is 28.7 Å². The molecule has 0 radical (unpaired) electrons. The molecule has 0 heterocycles. The van der Waals surface area contributed by atoms with Gasteiger partial charge in [0, 0.05) is 17.1 Å². The second kappa shape index (κ2) is 8.06. The van der Waals surface area contributed by atoms with Crippen LogP contribution in [-0.2, 0) is 6.54 Å². The summed E-state index contributed by atoms with van der Waals surface area (Å²) in [5.74, 6) is 0.989. The maximum absolute atomic E-state index is 3.75. The van der Waals surface area contributed by atoms with E-state index in [1.165, 1.54) is 55.0 Å². The van der Waals surface area contributed by atoms with E-state index < -0.39 is 0 Å². The van der Waals surface area contributed by atoms with Crippen LogP contribution in [0.3, 0.4) is 0 Å². The quantitative estimate of drug-likeness (QED) is 0.726. The summed E-state index contributed by atoms with van der Waals surface area (Å²) in [6.07, 6.45) is 9.76. The van der Waals surface area contributed by atoms with Gasteiger partial charge in [-0.2, -0.15) is 0 Å². The summed E-state index contributed by atoms with van der Waals surface area (Å²) in [5, 5.41) is 3.75. The van der Waals surface area contributed by atoms with E-state index in [2.05, 4.69) is 52.4 Å². The zero-order valence-electron chi connectivity index (χ0n) is 12.0. The van der Waals surface area contributed by atoms with Crippen LogP contribution < -0.4 is 5.32 Å². The third-order valence-corrected chi connectivity index (χ3v) is 4.76.